The van der Waals surface area contributed by atoms with Crippen molar-refractivity contribution in [3.05, 3.63) is 49.1 Å². The number of hydrogen-bond donors (Lipinski definition) is 1. The number of carbonyl (C=O) groups excluding carboxylic acids is 1. The fourth-order valence-electron chi connectivity index (χ4n) is 2.06. The summed E-state index contributed by atoms with van der Waals surface area (Å²) in [6.07, 6.45) is 4.21. The van der Waals surface area contributed by atoms with Crippen molar-refractivity contribution in [1.29, 1.82) is 0 Å². The van der Waals surface area contributed by atoms with Crippen LogP contribution < -0.4 is 10.1 Å². The van der Waals surface area contributed by atoms with Crippen molar-refractivity contribution >= 4 is 21.5 Å². The summed E-state index contributed by atoms with van der Waals surface area (Å²) in [5.41, 5.74) is 2.45. The van der Waals surface area contributed by atoms with Gasteiger partial charge in [-0.2, -0.15) is 0 Å². The third-order valence-corrected chi connectivity index (χ3v) is 4.25. The topological polar surface area (TPSA) is 90.1 Å². The fraction of sp³-hybridized carbons (Fsp3) is 0.125. The van der Waals surface area contributed by atoms with Gasteiger partial charge < -0.3 is 0 Å². The molecule has 3 aromatic rings. The molecule has 24 heavy (non-hydrogen) atoms. The minimum atomic E-state index is -0.435. The summed E-state index contributed by atoms with van der Waals surface area (Å²) in [5, 5.41) is 11.0. The molecule has 2 heterocycles. The van der Waals surface area contributed by atoms with Crippen LogP contribution in [0.2, 0.25) is 5.76 Å². The van der Waals surface area contributed by atoms with Gasteiger partial charge in [-0.05, 0) is 0 Å². The molecule has 7 nitrogen and oxygen atoms in total. The molecule has 0 aliphatic heterocycles. The van der Waals surface area contributed by atoms with Crippen molar-refractivity contribution in [2.75, 3.05) is 5.38 Å². The van der Waals surface area contributed by atoms with Crippen LogP contribution in [-0.4, -0.2) is 42.1 Å². The van der Waals surface area contributed by atoms with Gasteiger partial charge in [0.25, 0.3) is 0 Å². The van der Waals surface area contributed by atoms with Crippen molar-refractivity contribution in [1.82, 2.24) is 20.5 Å². The van der Waals surface area contributed by atoms with Gasteiger partial charge in [-0.15, -0.1) is 5.10 Å². The Balaban J connectivity index is 1.81. The average molecular weight is 383 g/mol. The quantitative estimate of drug-likeness (QED) is 0.682. The third kappa shape index (κ3) is 3.99. The Labute approximate surface area is 144 Å². The van der Waals surface area contributed by atoms with Gasteiger partial charge in [0.2, 0.25) is 6.39 Å². The number of nitrogens with one attached hydrogen (secondary N) is 1. The summed E-state index contributed by atoms with van der Waals surface area (Å²) in [7, 11) is 0. The van der Waals surface area contributed by atoms with E-state index in [4.69, 9.17) is 9.15 Å². The van der Waals surface area contributed by atoms with E-state index in [0.717, 1.165) is 16.7 Å². The van der Waals surface area contributed by atoms with Crippen LogP contribution in [0.25, 0.3) is 22.6 Å². The van der Waals surface area contributed by atoms with Crippen molar-refractivity contribution in [3.63, 3.8) is 0 Å². The van der Waals surface area contributed by atoms with Gasteiger partial charge in [0, 0.05) is 0 Å². The number of pyridine rings is 1. The number of ether oxygens (including phenoxy) is 1. The van der Waals surface area contributed by atoms with Gasteiger partial charge in [-0.3, -0.25) is 0 Å². The van der Waals surface area contributed by atoms with Crippen molar-refractivity contribution in [2.45, 2.75) is 5.76 Å². The molecule has 0 unspecified atom stereocenters. The molecule has 0 bridgehead atoms. The molecule has 8 heteroatoms. The molecule has 0 aliphatic rings. The number of rotatable bonds is 5. The molecular weight excluding hydrogens is 369 g/mol. The molecular formula is C16H14GeN4O3. The first kappa shape index (κ1) is 16.2. The minimum absolute atomic E-state index is 0.125. The van der Waals surface area contributed by atoms with E-state index in [0.29, 0.717) is 17.0 Å². The van der Waals surface area contributed by atoms with Gasteiger partial charge in [0.15, 0.2) is 0 Å². The standard InChI is InChI=1S/C16H14GeN4O3/c1-17-9-19-16(22)24-14-4-2-3-11(6-14)12-5-13(8-18-7-12)15-21-20-10-23-15/h2-8,10H,9H2,1H3,(H,19,22). The van der Waals surface area contributed by atoms with Crippen LogP contribution in [0.15, 0.2) is 53.5 Å². The molecule has 2 radical (unpaired) electrons. The van der Waals surface area contributed by atoms with E-state index in [-0.39, 0.29) is 15.4 Å². The van der Waals surface area contributed by atoms with Gasteiger partial charge in [0.1, 0.15) is 0 Å². The zero-order valence-electron chi connectivity index (χ0n) is 12.9. The van der Waals surface area contributed by atoms with Crippen molar-refractivity contribution < 1.29 is 13.9 Å². The van der Waals surface area contributed by atoms with Gasteiger partial charge in [0.05, 0.1) is 0 Å². The number of aromatic nitrogens is 3. The maximum atomic E-state index is 11.7. The molecule has 2 aromatic heterocycles. The summed E-state index contributed by atoms with van der Waals surface area (Å²) in [4.78, 5) is 15.9. The molecule has 0 fully saturated rings. The summed E-state index contributed by atoms with van der Waals surface area (Å²) in [6.45, 7) is 0. The first-order valence-electron chi connectivity index (χ1n) is 7.18. The molecule has 0 atom stereocenters. The van der Waals surface area contributed by atoms with Crippen LogP contribution in [0.4, 0.5) is 4.79 Å². The van der Waals surface area contributed by atoms with E-state index in [2.05, 4.69) is 26.3 Å². The molecule has 0 saturated heterocycles. The second kappa shape index (κ2) is 7.73. The Morgan fingerprint density at radius 3 is 2.92 bits per heavy atom. The van der Waals surface area contributed by atoms with E-state index < -0.39 is 6.09 Å². The molecule has 1 amide bonds. The molecule has 0 aliphatic carbocycles. The first-order valence-corrected chi connectivity index (χ1v) is 10.8. The van der Waals surface area contributed by atoms with Crippen LogP contribution >= 0.6 is 0 Å². The predicted octanol–water partition coefficient (Wildman–Crippen LogP) is 2.60. The van der Waals surface area contributed by atoms with Crippen LogP contribution in [-0.2, 0) is 0 Å². The van der Waals surface area contributed by atoms with E-state index >= 15 is 0 Å². The van der Waals surface area contributed by atoms with Crippen LogP contribution in [0, 0.1) is 0 Å². The monoisotopic (exact) mass is 384 g/mol. The molecule has 0 saturated carbocycles. The summed E-state index contributed by atoms with van der Waals surface area (Å²) < 4.78 is 10.5. The number of nitrogens with zero attached hydrogens (tertiary/aromatic N) is 3. The van der Waals surface area contributed by atoms with E-state index in [1.54, 1.807) is 24.5 Å². The van der Waals surface area contributed by atoms with E-state index in [9.17, 15) is 4.79 Å². The van der Waals surface area contributed by atoms with Gasteiger partial charge in [-0.1, -0.05) is 0 Å². The molecule has 3 rings (SSSR count). The summed E-state index contributed by atoms with van der Waals surface area (Å²) in [6, 6.07) is 9.15. The van der Waals surface area contributed by atoms with Crippen LogP contribution in [0.3, 0.4) is 0 Å². The Kier molecular flexibility index (Phi) is 5.22. The first-order chi connectivity index (χ1) is 11.8. The maximum absolute atomic E-state index is 11.7. The zero-order chi connectivity index (χ0) is 16.8. The zero-order valence-corrected chi connectivity index (χ0v) is 15.0. The van der Waals surface area contributed by atoms with Crippen LogP contribution in [0.1, 0.15) is 0 Å². The van der Waals surface area contributed by atoms with E-state index in [1.165, 1.54) is 6.39 Å². The number of amides is 1. The Bertz CT molecular complexity index is 824. The van der Waals surface area contributed by atoms with Crippen LogP contribution in [0.5, 0.6) is 5.75 Å². The van der Waals surface area contributed by atoms with Crippen molar-refractivity contribution in [3.8, 4) is 28.3 Å². The predicted molar refractivity (Wildman–Crippen MR) is 88.6 cm³/mol. The second-order valence-corrected chi connectivity index (χ2v) is 7.06. The number of carbonyl (C=O) groups is 1. The molecule has 0 spiro atoms. The van der Waals surface area contributed by atoms with Crippen molar-refractivity contribution in [2.24, 2.45) is 0 Å². The normalized spacial score (nSPS) is 10.4. The number of hydrogen-bond acceptors (Lipinski definition) is 6. The Morgan fingerprint density at radius 2 is 2.12 bits per heavy atom. The Morgan fingerprint density at radius 1 is 1.25 bits per heavy atom. The summed E-state index contributed by atoms with van der Waals surface area (Å²) in [5.74, 6) is 2.98. The molecule has 120 valence electrons. The number of benzene rings is 1. The Hall–Kier alpha value is -2.68. The van der Waals surface area contributed by atoms with Gasteiger partial charge in [-0.25, -0.2) is 0 Å². The third-order valence-electron chi connectivity index (χ3n) is 3.13. The molecule has 1 aromatic carbocycles. The SMILES string of the molecule is [CH3][Ge][CH2]NC(=O)Oc1cccc(-c2cncc(-c3nnco3)c2)c1. The van der Waals surface area contributed by atoms with Gasteiger partial charge >= 0.3 is 133 Å². The molecule has 1 N–H and O–H groups in total. The summed E-state index contributed by atoms with van der Waals surface area (Å²) >= 11 is -0.125. The average Bonchev–Trinajstić information content (AvgIpc) is 3.15. The van der Waals surface area contributed by atoms with E-state index in [1.807, 2.05) is 18.2 Å². The second-order valence-electron chi connectivity index (χ2n) is 4.83. The fourth-order valence-corrected chi connectivity index (χ4v) is 2.73.